The molecule has 0 spiro atoms. The van der Waals surface area contributed by atoms with Gasteiger partial charge >= 0.3 is 0 Å². The van der Waals surface area contributed by atoms with Crippen molar-refractivity contribution in [1.29, 1.82) is 0 Å². The van der Waals surface area contributed by atoms with Gasteiger partial charge in [-0.15, -0.1) is 0 Å². The number of piperidine rings is 1. The van der Waals surface area contributed by atoms with Gasteiger partial charge in [-0.1, -0.05) is 6.42 Å². The summed E-state index contributed by atoms with van der Waals surface area (Å²) >= 11 is 0. The first kappa shape index (κ1) is 17.2. The molecule has 1 aliphatic heterocycles. The van der Waals surface area contributed by atoms with Gasteiger partial charge in [0.2, 0.25) is 10.0 Å². The molecular weight excluding hydrogens is 286 g/mol. The van der Waals surface area contributed by atoms with Crippen molar-refractivity contribution >= 4 is 10.0 Å². The molecule has 2 aliphatic rings. The Morgan fingerprint density at radius 2 is 1.86 bits per heavy atom. The van der Waals surface area contributed by atoms with E-state index in [9.17, 15) is 8.42 Å². The fraction of sp³-hybridized carbons (Fsp3) is 1.00. The Bertz CT molecular complexity index is 390. The van der Waals surface area contributed by atoms with Crippen LogP contribution in [0, 0.1) is 0 Å². The molecule has 1 saturated heterocycles. The standard InChI is InChI=1S/C15H31N3O2S/c1-14(18-10-4-2-5-11-18)13-17-21(19,20)12-6-3-9-16-15-7-8-15/h14-17H,2-13H2,1H3. The fourth-order valence-electron chi connectivity index (χ4n) is 2.82. The van der Waals surface area contributed by atoms with Gasteiger partial charge in [0.15, 0.2) is 0 Å². The first-order chi connectivity index (χ1) is 10.1. The quantitative estimate of drug-likeness (QED) is 0.597. The van der Waals surface area contributed by atoms with Gasteiger partial charge < -0.3 is 5.32 Å². The molecule has 21 heavy (non-hydrogen) atoms. The average Bonchev–Trinajstić information content (AvgIpc) is 3.29. The predicted octanol–water partition coefficient (Wildman–Crippen LogP) is 1.31. The normalized spacial score (nSPS) is 22.3. The number of nitrogens with zero attached hydrogens (tertiary/aromatic N) is 1. The zero-order valence-corrected chi connectivity index (χ0v) is 14.1. The van der Waals surface area contributed by atoms with Crippen molar-refractivity contribution in [2.75, 3.05) is 31.9 Å². The highest BCUT2D eigenvalue weighted by Gasteiger charge is 2.20. The van der Waals surface area contributed by atoms with Gasteiger partial charge in [0.1, 0.15) is 0 Å². The molecule has 2 fully saturated rings. The van der Waals surface area contributed by atoms with E-state index in [4.69, 9.17) is 0 Å². The Labute approximate surface area is 129 Å². The molecule has 2 N–H and O–H groups in total. The SMILES string of the molecule is CC(CNS(=O)(=O)CCCCNC1CC1)N1CCCCC1. The monoisotopic (exact) mass is 317 g/mol. The topological polar surface area (TPSA) is 61.4 Å². The Morgan fingerprint density at radius 3 is 2.52 bits per heavy atom. The van der Waals surface area contributed by atoms with Gasteiger partial charge in [0.05, 0.1) is 5.75 Å². The van der Waals surface area contributed by atoms with Crippen LogP contribution in [0.3, 0.4) is 0 Å². The number of unbranched alkanes of at least 4 members (excludes halogenated alkanes) is 1. The molecule has 2 rings (SSSR count). The summed E-state index contributed by atoms with van der Waals surface area (Å²) in [6.45, 7) is 5.83. The van der Waals surface area contributed by atoms with Crippen molar-refractivity contribution < 1.29 is 8.42 Å². The molecule has 5 nitrogen and oxygen atoms in total. The lowest BCUT2D eigenvalue weighted by atomic mass is 10.1. The van der Waals surface area contributed by atoms with Crippen LogP contribution in [0.2, 0.25) is 0 Å². The molecular formula is C15H31N3O2S. The molecule has 0 aromatic rings. The van der Waals surface area contributed by atoms with Crippen molar-refractivity contribution in [2.45, 2.75) is 64.0 Å². The van der Waals surface area contributed by atoms with E-state index in [0.717, 1.165) is 32.5 Å². The number of rotatable bonds is 10. The van der Waals surface area contributed by atoms with E-state index in [-0.39, 0.29) is 5.75 Å². The smallest absolute Gasteiger partial charge is 0.211 e. The maximum absolute atomic E-state index is 12.0. The summed E-state index contributed by atoms with van der Waals surface area (Å²) in [5.74, 6) is 0.256. The van der Waals surface area contributed by atoms with E-state index < -0.39 is 10.0 Å². The van der Waals surface area contributed by atoms with Gasteiger partial charge in [-0.05, 0) is 65.1 Å². The second kappa shape index (κ2) is 8.46. The average molecular weight is 317 g/mol. The molecule has 0 aromatic carbocycles. The third-order valence-electron chi connectivity index (χ3n) is 4.46. The summed E-state index contributed by atoms with van der Waals surface area (Å²) in [7, 11) is -3.10. The molecule has 124 valence electrons. The van der Waals surface area contributed by atoms with Gasteiger partial charge in [-0.25, -0.2) is 13.1 Å². The summed E-state index contributed by atoms with van der Waals surface area (Å²) in [5, 5.41) is 3.41. The highest BCUT2D eigenvalue weighted by molar-refractivity contribution is 7.89. The molecule has 6 heteroatoms. The summed E-state index contributed by atoms with van der Waals surface area (Å²) < 4.78 is 26.7. The van der Waals surface area contributed by atoms with Crippen molar-refractivity contribution in [3.63, 3.8) is 0 Å². The van der Waals surface area contributed by atoms with Crippen LogP contribution in [-0.2, 0) is 10.0 Å². The number of hydrogen-bond donors (Lipinski definition) is 2. The largest absolute Gasteiger partial charge is 0.314 e. The number of hydrogen-bond acceptors (Lipinski definition) is 4. The van der Waals surface area contributed by atoms with Crippen LogP contribution in [0.15, 0.2) is 0 Å². The summed E-state index contributed by atoms with van der Waals surface area (Å²) in [6.07, 6.45) is 8.05. The second-order valence-electron chi connectivity index (χ2n) is 6.55. The van der Waals surface area contributed by atoms with Crippen molar-refractivity contribution in [1.82, 2.24) is 14.9 Å². The summed E-state index contributed by atoms with van der Waals surface area (Å²) in [4.78, 5) is 2.39. The summed E-state index contributed by atoms with van der Waals surface area (Å²) in [5.41, 5.74) is 0. The van der Waals surface area contributed by atoms with Crippen LogP contribution < -0.4 is 10.0 Å². The minimum atomic E-state index is -3.10. The first-order valence-electron chi connectivity index (χ1n) is 8.51. The molecule has 0 radical (unpaired) electrons. The van der Waals surface area contributed by atoms with Crippen LogP contribution in [-0.4, -0.2) is 57.3 Å². The van der Waals surface area contributed by atoms with Crippen LogP contribution >= 0.6 is 0 Å². The third kappa shape index (κ3) is 7.08. The van der Waals surface area contributed by atoms with Gasteiger partial charge in [-0.3, -0.25) is 4.90 Å². The Kier molecular flexibility index (Phi) is 6.92. The minimum Gasteiger partial charge on any atom is -0.314 e. The third-order valence-corrected chi connectivity index (χ3v) is 5.90. The zero-order chi connectivity index (χ0) is 15.1. The van der Waals surface area contributed by atoms with E-state index >= 15 is 0 Å². The van der Waals surface area contributed by atoms with Crippen LogP contribution in [0.5, 0.6) is 0 Å². The van der Waals surface area contributed by atoms with Gasteiger partial charge in [0.25, 0.3) is 0 Å². The molecule has 1 atom stereocenters. The van der Waals surface area contributed by atoms with Crippen LogP contribution in [0.4, 0.5) is 0 Å². The fourth-order valence-corrected chi connectivity index (χ4v) is 4.04. The van der Waals surface area contributed by atoms with Crippen molar-refractivity contribution in [3.8, 4) is 0 Å². The molecule has 0 amide bonds. The molecule has 0 bridgehead atoms. The lowest BCUT2D eigenvalue weighted by Gasteiger charge is -2.32. The Morgan fingerprint density at radius 1 is 1.14 bits per heavy atom. The highest BCUT2D eigenvalue weighted by atomic mass is 32.2. The predicted molar refractivity (Wildman–Crippen MR) is 86.9 cm³/mol. The lowest BCUT2D eigenvalue weighted by Crippen LogP contribution is -2.44. The highest BCUT2D eigenvalue weighted by Crippen LogP contribution is 2.18. The van der Waals surface area contributed by atoms with Crippen LogP contribution in [0.1, 0.15) is 51.9 Å². The summed E-state index contributed by atoms with van der Waals surface area (Å²) in [6, 6.07) is 1.02. The van der Waals surface area contributed by atoms with Crippen LogP contribution in [0.25, 0.3) is 0 Å². The zero-order valence-electron chi connectivity index (χ0n) is 13.3. The van der Waals surface area contributed by atoms with E-state index in [1.165, 1.54) is 32.1 Å². The molecule has 1 unspecified atom stereocenters. The van der Waals surface area contributed by atoms with Crippen molar-refractivity contribution in [3.05, 3.63) is 0 Å². The van der Waals surface area contributed by atoms with E-state index in [2.05, 4.69) is 21.9 Å². The van der Waals surface area contributed by atoms with Gasteiger partial charge in [0, 0.05) is 18.6 Å². The van der Waals surface area contributed by atoms with E-state index in [1.807, 2.05) is 0 Å². The molecule has 1 heterocycles. The lowest BCUT2D eigenvalue weighted by molar-refractivity contribution is 0.175. The molecule has 0 aromatic heterocycles. The Balaban J connectivity index is 1.56. The minimum absolute atomic E-state index is 0.256. The van der Waals surface area contributed by atoms with Gasteiger partial charge in [-0.2, -0.15) is 0 Å². The number of sulfonamides is 1. The molecule has 1 saturated carbocycles. The maximum atomic E-state index is 12.0. The Hall–Kier alpha value is -0.170. The number of likely N-dealkylation sites (tertiary alicyclic amines) is 1. The van der Waals surface area contributed by atoms with E-state index in [1.54, 1.807) is 0 Å². The second-order valence-corrected chi connectivity index (χ2v) is 8.47. The first-order valence-corrected chi connectivity index (χ1v) is 10.2. The van der Waals surface area contributed by atoms with Crippen molar-refractivity contribution in [2.24, 2.45) is 0 Å². The molecule has 1 aliphatic carbocycles. The number of nitrogens with one attached hydrogen (secondary N) is 2. The van der Waals surface area contributed by atoms with E-state index in [0.29, 0.717) is 18.6 Å². The maximum Gasteiger partial charge on any atom is 0.211 e.